The molecule has 116 valence electrons. The van der Waals surface area contributed by atoms with Gasteiger partial charge in [0.05, 0.1) is 0 Å². The molecule has 1 fully saturated rings. The maximum absolute atomic E-state index is 12.2. The van der Waals surface area contributed by atoms with Gasteiger partial charge in [-0.15, -0.1) is 0 Å². The van der Waals surface area contributed by atoms with Crippen molar-refractivity contribution in [1.29, 1.82) is 0 Å². The first-order valence-corrected chi connectivity index (χ1v) is 8.17. The summed E-state index contributed by atoms with van der Waals surface area (Å²) in [6, 6.07) is 7.84. The number of carbonyl (C=O) groups excluding carboxylic acids is 1. The summed E-state index contributed by atoms with van der Waals surface area (Å²) in [4.78, 5) is 12.2. The fraction of sp³-hybridized carbons (Fsp3) is 0.588. The van der Waals surface area contributed by atoms with Crippen LogP contribution < -0.4 is 11.1 Å². The van der Waals surface area contributed by atoms with E-state index in [2.05, 4.69) is 5.32 Å². The molecule has 0 heterocycles. The first-order chi connectivity index (χ1) is 9.97. The van der Waals surface area contributed by atoms with Crippen LogP contribution >= 0.6 is 11.6 Å². The highest BCUT2D eigenvalue weighted by Crippen LogP contribution is 2.28. The molecule has 3 nitrogen and oxygen atoms in total. The molecule has 1 aliphatic carbocycles. The van der Waals surface area contributed by atoms with Crippen molar-refractivity contribution in [3.05, 3.63) is 34.9 Å². The van der Waals surface area contributed by atoms with Crippen molar-refractivity contribution in [3.63, 3.8) is 0 Å². The first-order valence-electron chi connectivity index (χ1n) is 7.80. The van der Waals surface area contributed by atoms with Crippen LogP contribution in [0.2, 0.25) is 5.02 Å². The molecule has 3 N–H and O–H groups in total. The van der Waals surface area contributed by atoms with Crippen LogP contribution in [0.25, 0.3) is 0 Å². The Labute approximate surface area is 132 Å². The molecule has 0 spiro atoms. The Morgan fingerprint density at radius 2 is 2.10 bits per heavy atom. The van der Waals surface area contributed by atoms with Gasteiger partial charge in [-0.3, -0.25) is 4.79 Å². The SMILES string of the molecule is CC(Cc1cccc(Cl)c1)NC(=O)CC1(N)CCCCC1. The van der Waals surface area contributed by atoms with Crippen molar-refractivity contribution in [2.45, 2.75) is 63.5 Å². The molecule has 1 aromatic carbocycles. The number of hydrogen-bond acceptors (Lipinski definition) is 2. The standard InChI is InChI=1S/C17H25ClN2O/c1-13(10-14-6-5-7-15(18)11-14)20-16(21)12-17(19)8-3-2-4-9-17/h5-7,11,13H,2-4,8-10,12,19H2,1H3,(H,20,21). The summed E-state index contributed by atoms with van der Waals surface area (Å²) in [5, 5.41) is 3.79. The number of halogens is 1. The van der Waals surface area contributed by atoms with E-state index in [9.17, 15) is 4.79 Å². The number of nitrogens with one attached hydrogen (secondary N) is 1. The van der Waals surface area contributed by atoms with Gasteiger partial charge in [0.1, 0.15) is 0 Å². The Kier molecular flexibility index (Phi) is 5.65. The Bertz CT molecular complexity index is 483. The molecular formula is C17H25ClN2O. The second kappa shape index (κ2) is 7.28. The summed E-state index contributed by atoms with van der Waals surface area (Å²) in [5.41, 5.74) is 7.17. The Hall–Kier alpha value is -1.06. The lowest BCUT2D eigenvalue weighted by Crippen LogP contribution is -2.47. The van der Waals surface area contributed by atoms with Gasteiger partial charge in [-0.1, -0.05) is 43.0 Å². The number of hydrogen-bond donors (Lipinski definition) is 2. The maximum Gasteiger partial charge on any atom is 0.222 e. The molecule has 2 rings (SSSR count). The molecule has 1 saturated carbocycles. The molecule has 0 saturated heterocycles. The number of rotatable bonds is 5. The van der Waals surface area contributed by atoms with Gasteiger partial charge in [-0.25, -0.2) is 0 Å². The minimum Gasteiger partial charge on any atom is -0.353 e. The van der Waals surface area contributed by atoms with E-state index in [0.29, 0.717) is 6.42 Å². The highest BCUT2D eigenvalue weighted by molar-refractivity contribution is 6.30. The molecule has 0 bridgehead atoms. The quantitative estimate of drug-likeness (QED) is 0.875. The monoisotopic (exact) mass is 308 g/mol. The number of amides is 1. The molecule has 0 aliphatic heterocycles. The topological polar surface area (TPSA) is 55.1 Å². The van der Waals surface area contributed by atoms with Crippen molar-refractivity contribution < 1.29 is 4.79 Å². The average molecular weight is 309 g/mol. The third-order valence-corrected chi connectivity index (χ3v) is 4.44. The molecule has 4 heteroatoms. The van der Waals surface area contributed by atoms with Crippen molar-refractivity contribution in [3.8, 4) is 0 Å². The van der Waals surface area contributed by atoms with Crippen LogP contribution in [0.4, 0.5) is 0 Å². The lowest BCUT2D eigenvalue weighted by atomic mass is 9.80. The molecule has 1 aromatic rings. The lowest BCUT2D eigenvalue weighted by Gasteiger charge is -2.33. The first kappa shape index (κ1) is 16.3. The number of carbonyl (C=O) groups is 1. The Balaban J connectivity index is 1.81. The van der Waals surface area contributed by atoms with E-state index in [0.717, 1.165) is 42.7 Å². The number of benzene rings is 1. The zero-order chi connectivity index (χ0) is 15.3. The van der Waals surface area contributed by atoms with Gasteiger partial charge in [0.25, 0.3) is 0 Å². The van der Waals surface area contributed by atoms with Crippen LogP contribution in [-0.4, -0.2) is 17.5 Å². The summed E-state index contributed by atoms with van der Waals surface area (Å²) >= 11 is 5.98. The van der Waals surface area contributed by atoms with E-state index in [1.807, 2.05) is 31.2 Å². The largest absolute Gasteiger partial charge is 0.353 e. The fourth-order valence-electron chi connectivity index (χ4n) is 3.15. The summed E-state index contributed by atoms with van der Waals surface area (Å²) in [6.45, 7) is 2.02. The second-order valence-electron chi connectivity index (χ2n) is 6.40. The van der Waals surface area contributed by atoms with E-state index in [-0.39, 0.29) is 17.5 Å². The van der Waals surface area contributed by atoms with Gasteiger partial charge in [0.15, 0.2) is 0 Å². The van der Waals surface area contributed by atoms with E-state index in [1.165, 1.54) is 6.42 Å². The van der Waals surface area contributed by atoms with Crippen LogP contribution in [0.1, 0.15) is 51.0 Å². The second-order valence-corrected chi connectivity index (χ2v) is 6.84. The highest BCUT2D eigenvalue weighted by atomic mass is 35.5. The summed E-state index contributed by atoms with van der Waals surface area (Å²) in [7, 11) is 0. The molecule has 0 aromatic heterocycles. The van der Waals surface area contributed by atoms with E-state index in [4.69, 9.17) is 17.3 Å². The predicted molar refractivity (Wildman–Crippen MR) is 87.4 cm³/mol. The minimum atomic E-state index is -0.294. The maximum atomic E-state index is 12.2. The van der Waals surface area contributed by atoms with Crippen LogP contribution in [0.15, 0.2) is 24.3 Å². The average Bonchev–Trinajstić information content (AvgIpc) is 2.38. The zero-order valence-corrected chi connectivity index (χ0v) is 13.5. The normalized spacial score (nSPS) is 19.0. The van der Waals surface area contributed by atoms with Crippen LogP contribution in [0, 0.1) is 0 Å². The highest BCUT2D eigenvalue weighted by Gasteiger charge is 2.30. The van der Waals surface area contributed by atoms with Crippen molar-refractivity contribution >= 4 is 17.5 Å². The van der Waals surface area contributed by atoms with Crippen LogP contribution in [0.5, 0.6) is 0 Å². The van der Waals surface area contributed by atoms with E-state index < -0.39 is 0 Å². The molecule has 1 unspecified atom stereocenters. The van der Waals surface area contributed by atoms with E-state index in [1.54, 1.807) is 0 Å². The Morgan fingerprint density at radius 1 is 1.38 bits per heavy atom. The van der Waals surface area contributed by atoms with Crippen molar-refractivity contribution in [1.82, 2.24) is 5.32 Å². The minimum absolute atomic E-state index is 0.0638. The van der Waals surface area contributed by atoms with Gasteiger partial charge in [0, 0.05) is 23.0 Å². The predicted octanol–water partition coefficient (Wildman–Crippen LogP) is 3.44. The molecule has 1 amide bonds. The molecule has 1 aliphatic rings. The smallest absolute Gasteiger partial charge is 0.222 e. The summed E-state index contributed by atoms with van der Waals surface area (Å²) in [5.74, 6) is 0.0638. The third kappa shape index (κ3) is 5.33. The third-order valence-electron chi connectivity index (χ3n) is 4.20. The van der Waals surface area contributed by atoms with Crippen LogP contribution in [0.3, 0.4) is 0 Å². The summed E-state index contributed by atoms with van der Waals surface area (Å²) < 4.78 is 0. The van der Waals surface area contributed by atoms with Gasteiger partial charge in [0.2, 0.25) is 5.91 Å². The molecule has 1 atom stereocenters. The van der Waals surface area contributed by atoms with Crippen LogP contribution in [-0.2, 0) is 11.2 Å². The van der Waals surface area contributed by atoms with Gasteiger partial charge in [-0.2, -0.15) is 0 Å². The lowest BCUT2D eigenvalue weighted by molar-refractivity contribution is -0.123. The van der Waals surface area contributed by atoms with Gasteiger partial charge < -0.3 is 11.1 Å². The molecular weight excluding hydrogens is 284 g/mol. The van der Waals surface area contributed by atoms with Gasteiger partial charge in [-0.05, 0) is 43.9 Å². The number of nitrogens with two attached hydrogens (primary N) is 1. The molecule has 21 heavy (non-hydrogen) atoms. The Morgan fingerprint density at radius 3 is 2.76 bits per heavy atom. The zero-order valence-electron chi connectivity index (χ0n) is 12.7. The van der Waals surface area contributed by atoms with Crippen molar-refractivity contribution in [2.24, 2.45) is 5.73 Å². The van der Waals surface area contributed by atoms with Gasteiger partial charge >= 0.3 is 0 Å². The molecule has 0 radical (unpaired) electrons. The summed E-state index contributed by atoms with van der Waals surface area (Å²) in [6.07, 6.45) is 6.67. The van der Waals surface area contributed by atoms with E-state index >= 15 is 0 Å². The fourth-order valence-corrected chi connectivity index (χ4v) is 3.36. The van der Waals surface area contributed by atoms with Crippen molar-refractivity contribution in [2.75, 3.05) is 0 Å².